The number of hydrogen-bond donors (Lipinski definition) is 0. The lowest BCUT2D eigenvalue weighted by atomic mass is 10.1. The van der Waals surface area contributed by atoms with E-state index in [1.165, 1.54) is 12.1 Å². The fraction of sp³-hybridized carbons (Fsp3) is 0.250. The van der Waals surface area contributed by atoms with E-state index in [0.717, 1.165) is 0 Å². The molecule has 0 fully saturated rings. The Morgan fingerprint density at radius 1 is 1.33 bits per heavy atom. The summed E-state index contributed by atoms with van der Waals surface area (Å²) in [5.74, 6) is -3.36. The molecule has 0 atom stereocenters. The van der Waals surface area contributed by atoms with Gasteiger partial charge in [0.1, 0.15) is 0 Å². The van der Waals surface area contributed by atoms with Gasteiger partial charge in [-0.25, -0.2) is 0 Å². The van der Waals surface area contributed by atoms with Crippen LogP contribution in [0.1, 0.15) is 17.0 Å². The summed E-state index contributed by atoms with van der Waals surface area (Å²) in [5, 5.41) is 0. The first-order valence-electron chi connectivity index (χ1n) is 3.69. The van der Waals surface area contributed by atoms with E-state index < -0.39 is 24.2 Å². The molecular weight excluding hydrogens is 281 g/mol. The van der Waals surface area contributed by atoms with Gasteiger partial charge >= 0.3 is 6.18 Å². The van der Waals surface area contributed by atoms with Crippen molar-refractivity contribution in [2.75, 3.05) is 0 Å². The smallest absolute Gasteiger partial charge is 0.446 e. The quantitative estimate of drug-likeness (QED) is 0.633. The van der Waals surface area contributed by atoms with Gasteiger partial charge in [-0.2, -0.15) is 13.2 Å². The number of Topliss-reactive ketones (excluding diaryl/α,β-unsaturated/α-hetero) is 2. The number of halogens is 4. The summed E-state index contributed by atoms with van der Waals surface area (Å²) >= 11 is 2.88. The lowest BCUT2D eigenvalue weighted by molar-refractivity contribution is -0.170. The van der Waals surface area contributed by atoms with Gasteiger partial charge in [-0.05, 0) is 28.1 Å². The van der Waals surface area contributed by atoms with Crippen molar-refractivity contribution in [3.63, 3.8) is 0 Å². The minimum absolute atomic E-state index is 0.213. The Bertz CT molecular complexity index is 394. The molecule has 0 aliphatic rings. The summed E-state index contributed by atoms with van der Waals surface area (Å²) < 4.78 is 40.3. The van der Waals surface area contributed by atoms with E-state index >= 15 is 0 Å². The molecule has 0 radical (unpaired) electrons. The van der Waals surface area contributed by atoms with Gasteiger partial charge < -0.3 is 4.42 Å². The fourth-order valence-corrected chi connectivity index (χ4v) is 1.10. The zero-order valence-corrected chi connectivity index (χ0v) is 8.68. The Kier molecular flexibility index (Phi) is 3.33. The molecule has 1 aromatic heterocycles. The van der Waals surface area contributed by atoms with Gasteiger partial charge in [0.15, 0.2) is 10.4 Å². The van der Waals surface area contributed by atoms with Crippen LogP contribution in [0.4, 0.5) is 13.2 Å². The maximum atomic E-state index is 11.8. The van der Waals surface area contributed by atoms with Crippen LogP contribution >= 0.6 is 15.9 Å². The van der Waals surface area contributed by atoms with Crippen LogP contribution in [0, 0.1) is 0 Å². The molecule has 0 aliphatic carbocycles. The second kappa shape index (κ2) is 4.18. The summed E-state index contributed by atoms with van der Waals surface area (Å²) in [5.41, 5.74) is 0. The Hall–Kier alpha value is -1.11. The van der Waals surface area contributed by atoms with E-state index in [0.29, 0.717) is 0 Å². The molecule has 0 bridgehead atoms. The van der Waals surface area contributed by atoms with Gasteiger partial charge in [-0.3, -0.25) is 9.59 Å². The molecule has 82 valence electrons. The number of ketones is 2. The standard InChI is InChI=1S/C8H4BrF3O3/c9-7-2-1-5(15-7)4(13)3-6(14)8(10,11)12/h1-2H,3H2. The normalized spacial score (nSPS) is 11.5. The van der Waals surface area contributed by atoms with Gasteiger partial charge in [0.25, 0.3) is 0 Å². The molecule has 7 heteroatoms. The van der Waals surface area contributed by atoms with E-state index in [1.807, 2.05) is 0 Å². The molecule has 1 aromatic rings. The van der Waals surface area contributed by atoms with Crippen LogP contribution in [0.2, 0.25) is 0 Å². The summed E-state index contributed by atoms with van der Waals surface area (Å²) in [6, 6.07) is 2.54. The monoisotopic (exact) mass is 284 g/mol. The average molecular weight is 285 g/mol. The Morgan fingerprint density at radius 3 is 2.33 bits per heavy atom. The average Bonchev–Trinajstić information content (AvgIpc) is 2.50. The zero-order chi connectivity index (χ0) is 11.6. The molecule has 3 nitrogen and oxygen atoms in total. The second-order valence-corrected chi connectivity index (χ2v) is 3.41. The van der Waals surface area contributed by atoms with Gasteiger partial charge in [-0.1, -0.05) is 0 Å². The minimum atomic E-state index is -4.99. The van der Waals surface area contributed by atoms with Crippen molar-refractivity contribution in [1.29, 1.82) is 0 Å². The topological polar surface area (TPSA) is 47.3 Å². The molecule has 1 rings (SSSR count). The fourth-order valence-electron chi connectivity index (χ4n) is 0.797. The van der Waals surface area contributed by atoms with Crippen molar-refractivity contribution in [1.82, 2.24) is 0 Å². The molecule has 0 aromatic carbocycles. The molecule has 0 saturated carbocycles. The van der Waals surface area contributed by atoms with Crippen LogP contribution in [0.5, 0.6) is 0 Å². The molecule has 15 heavy (non-hydrogen) atoms. The molecular formula is C8H4BrF3O3. The summed E-state index contributed by atoms with van der Waals surface area (Å²) in [6.45, 7) is 0. The highest BCUT2D eigenvalue weighted by molar-refractivity contribution is 9.10. The third-order valence-electron chi connectivity index (χ3n) is 1.49. The highest BCUT2D eigenvalue weighted by atomic mass is 79.9. The number of carbonyl (C=O) groups excluding carboxylic acids is 2. The Labute approximate surface area is 90.4 Å². The number of rotatable bonds is 3. The Balaban J connectivity index is 2.69. The summed E-state index contributed by atoms with van der Waals surface area (Å²) in [7, 11) is 0. The van der Waals surface area contributed by atoms with Crippen molar-refractivity contribution in [2.24, 2.45) is 0 Å². The van der Waals surface area contributed by atoms with Crippen molar-refractivity contribution < 1.29 is 27.2 Å². The first kappa shape index (κ1) is 12.0. The highest BCUT2D eigenvalue weighted by Gasteiger charge is 2.39. The molecule has 0 spiro atoms. The third-order valence-corrected chi connectivity index (χ3v) is 1.91. The van der Waals surface area contributed by atoms with E-state index in [1.54, 1.807) is 0 Å². The van der Waals surface area contributed by atoms with Gasteiger partial charge in [0.2, 0.25) is 11.6 Å². The molecule has 0 unspecified atom stereocenters. The van der Waals surface area contributed by atoms with Crippen LogP contribution in [-0.4, -0.2) is 17.7 Å². The summed E-state index contributed by atoms with van der Waals surface area (Å²) in [4.78, 5) is 21.5. The third kappa shape index (κ3) is 3.19. The lowest BCUT2D eigenvalue weighted by Gasteiger charge is -2.02. The first-order chi connectivity index (χ1) is 6.80. The highest BCUT2D eigenvalue weighted by Crippen LogP contribution is 2.21. The van der Waals surface area contributed by atoms with Crippen molar-refractivity contribution >= 4 is 27.5 Å². The van der Waals surface area contributed by atoms with Crippen molar-refractivity contribution in [3.8, 4) is 0 Å². The maximum absolute atomic E-state index is 11.8. The van der Waals surface area contributed by atoms with Crippen molar-refractivity contribution in [2.45, 2.75) is 12.6 Å². The van der Waals surface area contributed by atoms with Crippen LogP contribution < -0.4 is 0 Å². The van der Waals surface area contributed by atoms with Crippen LogP contribution in [0.15, 0.2) is 21.2 Å². The molecule has 0 saturated heterocycles. The summed E-state index contributed by atoms with van der Waals surface area (Å²) in [6.07, 6.45) is -6.22. The predicted octanol–water partition coefficient (Wildman–Crippen LogP) is 2.75. The minimum Gasteiger partial charge on any atom is -0.446 e. The van der Waals surface area contributed by atoms with E-state index in [2.05, 4.69) is 15.9 Å². The predicted molar refractivity (Wildman–Crippen MR) is 46.4 cm³/mol. The van der Waals surface area contributed by atoms with Crippen LogP contribution in [0.25, 0.3) is 0 Å². The van der Waals surface area contributed by atoms with E-state index in [4.69, 9.17) is 4.42 Å². The SMILES string of the molecule is O=C(CC(=O)C(F)(F)F)c1ccc(Br)o1. The van der Waals surface area contributed by atoms with Crippen molar-refractivity contribution in [3.05, 3.63) is 22.6 Å². The lowest BCUT2D eigenvalue weighted by Crippen LogP contribution is -2.25. The largest absolute Gasteiger partial charge is 0.450 e. The molecule has 0 N–H and O–H groups in total. The number of carbonyl (C=O) groups is 2. The number of hydrogen-bond acceptors (Lipinski definition) is 3. The maximum Gasteiger partial charge on any atom is 0.450 e. The van der Waals surface area contributed by atoms with Gasteiger partial charge in [0.05, 0.1) is 6.42 Å². The van der Waals surface area contributed by atoms with Gasteiger partial charge in [0, 0.05) is 0 Å². The number of alkyl halides is 3. The Morgan fingerprint density at radius 2 is 1.93 bits per heavy atom. The first-order valence-corrected chi connectivity index (χ1v) is 4.48. The van der Waals surface area contributed by atoms with Crippen LogP contribution in [0.3, 0.4) is 0 Å². The van der Waals surface area contributed by atoms with Crippen LogP contribution in [-0.2, 0) is 4.79 Å². The van der Waals surface area contributed by atoms with E-state index in [-0.39, 0.29) is 10.4 Å². The molecule has 1 heterocycles. The number of furan rings is 1. The molecule has 0 aliphatic heterocycles. The second-order valence-electron chi connectivity index (χ2n) is 2.62. The zero-order valence-electron chi connectivity index (χ0n) is 7.10. The van der Waals surface area contributed by atoms with E-state index in [9.17, 15) is 22.8 Å². The molecule has 0 amide bonds. The van der Waals surface area contributed by atoms with Gasteiger partial charge in [-0.15, -0.1) is 0 Å².